The number of rotatable bonds is 5. The Bertz CT molecular complexity index is 407. The van der Waals surface area contributed by atoms with E-state index in [1.165, 1.54) is 0 Å². The lowest BCUT2D eigenvalue weighted by molar-refractivity contribution is -0.0183. The summed E-state index contributed by atoms with van der Waals surface area (Å²) in [6.07, 6.45) is 1.94. The Hall–Kier alpha value is -1.10. The van der Waals surface area contributed by atoms with Crippen molar-refractivity contribution < 1.29 is 9.84 Å². The molecule has 1 atom stereocenters. The number of benzene rings is 1. The monoisotopic (exact) mass is 264 g/mol. The molecule has 3 N–H and O–H groups in total. The molecule has 2 rings (SSSR count). The maximum absolute atomic E-state index is 10.0. The summed E-state index contributed by atoms with van der Waals surface area (Å²) < 4.78 is 5.74. The smallest absolute Gasteiger partial charge is 0.119 e. The van der Waals surface area contributed by atoms with Gasteiger partial charge in [0.05, 0.1) is 5.60 Å². The molecule has 0 spiro atoms. The van der Waals surface area contributed by atoms with Gasteiger partial charge in [0.1, 0.15) is 12.4 Å². The van der Waals surface area contributed by atoms with Crippen molar-refractivity contribution >= 4 is 0 Å². The molecular weight excluding hydrogens is 240 g/mol. The molecule has 4 nitrogen and oxygen atoms in total. The second kappa shape index (κ2) is 6.37. The average Bonchev–Trinajstić information content (AvgIpc) is 2.38. The first-order chi connectivity index (χ1) is 9.09. The van der Waals surface area contributed by atoms with E-state index in [0.717, 1.165) is 43.8 Å². The molecule has 1 aliphatic rings. The average molecular weight is 264 g/mol. The van der Waals surface area contributed by atoms with Gasteiger partial charge in [0.2, 0.25) is 0 Å². The van der Waals surface area contributed by atoms with Crippen LogP contribution >= 0.6 is 0 Å². The van der Waals surface area contributed by atoms with Crippen LogP contribution in [0.3, 0.4) is 0 Å². The summed E-state index contributed by atoms with van der Waals surface area (Å²) in [5, 5.41) is 10.0. The van der Waals surface area contributed by atoms with Crippen LogP contribution in [0.1, 0.15) is 25.3 Å². The van der Waals surface area contributed by atoms with Gasteiger partial charge in [-0.3, -0.25) is 4.90 Å². The maximum atomic E-state index is 10.0. The molecular formula is C15H24N2O2. The molecule has 0 aliphatic carbocycles. The Morgan fingerprint density at radius 1 is 1.47 bits per heavy atom. The molecule has 0 radical (unpaired) electrons. The van der Waals surface area contributed by atoms with E-state index in [1.807, 2.05) is 31.2 Å². The van der Waals surface area contributed by atoms with E-state index in [0.29, 0.717) is 13.2 Å². The van der Waals surface area contributed by atoms with Gasteiger partial charge in [0.25, 0.3) is 0 Å². The van der Waals surface area contributed by atoms with Crippen molar-refractivity contribution in [3.63, 3.8) is 0 Å². The van der Waals surface area contributed by atoms with Crippen molar-refractivity contribution in [2.75, 3.05) is 26.2 Å². The lowest BCUT2D eigenvalue weighted by Crippen LogP contribution is -2.47. The Morgan fingerprint density at radius 2 is 2.32 bits per heavy atom. The van der Waals surface area contributed by atoms with Gasteiger partial charge in [-0.2, -0.15) is 0 Å². The number of nitrogens with two attached hydrogens (primary N) is 1. The third-order valence-electron chi connectivity index (χ3n) is 3.56. The van der Waals surface area contributed by atoms with E-state index >= 15 is 0 Å². The number of hydrogen-bond acceptors (Lipinski definition) is 4. The van der Waals surface area contributed by atoms with E-state index in [1.54, 1.807) is 0 Å². The van der Waals surface area contributed by atoms with Crippen LogP contribution < -0.4 is 10.5 Å². The fourth-order valence-electron chi connectivity index (χ4n) is 2.57. The Balaban J connectivity index is 1.76. The molecule has 0 aromatic heterocycles. The summed E-state index contributed by atoms with van der Waals surface area (Å²) in [6, 6.07) is 7.88. The quantitative estimate of drug-likeness (QED) is 0.843. The van der Waals surface area contributed by atoms with Gasteiger partial charge < -0.3 is 15.6 Å². The molecule has 1 aliphatic heterocycles. The van der Waals surface area contributed by atoms with Gasteiger partial charge in [-0.05, 0) is 44.0 Å². The SMILES string of the molecule is CC1(O)CCCN(CCOc2cccc(CN)c2)C1. The van der Waals surface area contributed by atoms with Crippen LogP contribution in [0.5, 0.6) is 5.75 Å². The molecule has 1 aromatic rings. The molecule has 106 valence electrons. The lowest BCUT2D eigenvalue weighted by atomic mass is 9.95. The molecule has 1 fully saturated rings. The highest BCUT2D eigenvalue weighted by molar-refractivity contribution is 5.28. The topological polar surface area (TPSA) is 58.7 Å². The molecule has 1 heterocycles. The van der Waals surface area contributed by atoms with Gasteiger partial charge in [-0.15, -0.1) is 0 Å². The van der Waals surface area contributed by atoms with Crippen LogP contribution in [0.15, 0.2) is 24.3 Å². The minimum Gasteiger partial charge on any atom is -0.492 e. The third kappa shape index (κ3) is 4.49. The number of β-amino-alcohol motifs (C(OH)–C–C–N with tert-alkyl or cyclic N) is 1. The van der Waals surface area contributed by atoms with E-state index in [2.05, 4.69) is 4.90 Å². The fourth-order valence-corrected chi connectivity index (χ4v) is 2.57. The molecule has 0 bridgehead atoms. The van der Waals surface area contributed by atoms with Crippen LogP contribution in [0.4, 0.5) is 0 Å². The van der Waals surface area contributed by atoms with Gasteiger partial charge in [0, 0.05) is 19.6 Å². The highest BCUT2D eigenvalue weighted by Crippen LogP contribution is 2.20. The number of aliphatic hydroxyl groups is 1. The Kier molecular flexibility index (Phi) is 4.80. The zero-order valence-electron chi connectivity index (χ0n) is 11.6. The zero-order valence-corrected chi connectivity index (χ0v) is 11.6. The molecule has 1 aromatic carbocycles. The predicted molar refractivity (Wildman–Crippen MR) is 76.1 cm³/mol. The summed E-state index contributed by atoms with van der Waals surface area (Å²) in [5.41, 5.74) is 6.14. The predicted octanol–water partition coefficient (Wildman–Crippen LogP) is 1.37. The summed E-state index contributed by atoms with van der Waals surface area (Å²) in [5.74, 6) is 0.867. The highest BCUT2D eigenvalue weighted by atomic mass is 16.5. The standard InChI is InChI=1S/C15H24N2O2/c1-15(18)6-3-7-17(12-15)8-9-19-14-5-2-4-13(10-14)11-16/h2,4-5,10,18H,3,6-9,11-12,16H2,1H3. The van der Waals surface area contributed by atoms with E-state index in [-0.39, 0.29) is 0 Å². The van der Waals surface area contributed by atoms with Crippen molar-refractivity contribution in [3.8, 4) is 5.75 Å². The normalized spacial score (nSPS) is 24.4. The number of nitrogens with zero attached hydrogens (tertiary/aromatic N) is 1. The third-order valence-corrected chi connectivity index (χ3v) is 3.56. The molecule has 19 heavy (non-hydrogen) atoms. The van der Waals surface area contributed by atoms with Crippen LogP contribution in [-0.2, 0) is 6.54 Å². The minimum absolute atomic E-state index is 0.534. The molecule has 1 unspecified atom stereocenters. The number of piperidine rings is 1. The summed E-state index contributed by atoms with van der Waals surface area (Å²) >= 11 is 0. The van der Waals surface area contributed by atoms with Gasteiger partial charge in [-0.1, -0.05) is 12.1 Å². The number of likely N-dealkylation sites (tertiary alicyclic amines) is 1. The fraction of sp³-hybridized carbons (Fsp3) is 0.600. The summed E-state index contributed by atoms with van der Waals surface area (Å²) in [6.45, 7) is 5.71. The van der Waals surface area contributed by atoms with Crippen LogP contribution in [-0.4, -0.2) is 41.8 Å². The van der Waals surface area contributed by atoms with E-state index in [9.17, 15) is 5.11 Å². The van der Waals surface area contributed by atoms with Crippen LogP contribution in [0.2, 0.25) is 0 Å². The van der Waals surface area contributed by atoms with Crippen molar-refractivity contribution in [2.45, 2.75) is 31.9 Å². The number of ether oxygens (including phenoxy) is 1. The first-order valence-corrected chi connectivity index (χ1v) is 6.96. The summed E-state index contributed by atoms with van der Waals surface area (Å²) in [4.78, 5) is 2.26. The summed E-state index contributed by atoms with van der Waals surface area (Å²) in [7, 11) is 0. The van der Waals surface area contributed by atoms with Crippen molar-refractivity contribution in [1.82, 2.24) is 4.90 Å². The maximum Gasteiger partial charge on any atom is 0.119 e. The van der Waals surface area contributed by atoms with Crippen molar-refractivity contribution in [3.05, 3.63) is 29.8 Å². The molecule has 0 saturated carbocycles. The Morgan fingerprint density at radius 3 is 3.05 bits per heavy atom. The molecule has 4 heteroatoms. The second-order valence-corrected chi connectivity index (χ2v) is 5.58. The van der Waals surface area contributed by atoms with E-state index < -0.39 is 5.60 Å². The molecule has 0 amide bonds. The highest BCUT2D eigenvalue weighted by Gasteiger charge is 2.27. The first-order valence-electron chi connectivity index (χ1n) is 6.96. The van der Waals surface area contributed by atoms with Crippen LogP contribution in [0.25, 0.3) is 0 Å². The van der Waals surface area contributed by atoms with Crippen LogP contribution in [0, 0.1) is 0 Å². The number of hydrogen-bond donors (Lipinski definition) is 2. The van der Waals surface area contributed by atoms with Crippen molar-refractivity contribution in [1.29, 1.82) is 0 Å². The van der Waals surface area contributed by atoms with Crippen molar-refractivity contribution in [2.24, 2.45) is 5.73 Å². The first kappa shape index (κ1) is 14.3. The largest absolute Gasteiger partial charge is 0.492 e. The zero-order chi connectivity index (χ0) is 13.7. The van der Waals surface area contributed by atoms with Gasteiger partial charge >= 0.3 is 0 Å². The lowest BCUT2D eigenvalue weighted by Gasteiger charge is -2.36. The van der Waals surface area contributed by atoms with E-state index in [4.69, 9.17) is 10.5 Å². The Labute approximate surface area is 115 Å². The second-order valence-electron chi connectivity index (χ2n) is 5.58. The van der Waals surface area contributed by atoms with Gasteiger partial charge in [0.15, 0.2) is 0 Å². The minimum atomic E-state index is -0.544. The molecule has 1 saturated heterocycles. The van der Waals surface area contributed by atoms with Gasteiger partial charge in [-0.25, -0.2) is 0 Å².